The fourth-order valence-corrected chi connectivity index (χ4v) is 2.72. The molecular formula is C14H19N3O3. The normalized spacial score (nSPS) is 26.0. The lowest BCUT2D eigenvalue weighted by molar-refractivity contribution is -0.384. The molecule has 1 saturated carbocycles. The van der Waals surface area contributed by atoms with Crippen LogP contribution in [0.4, 0.5) is 11.4 Å². The molecule has 2 unspecified atom stereocenters. The maximum Gasteiger partial charge on any atom is 0.271 e. The summed E-state index contributed by atoms with van der Waals surface area (Å²) < 4.78 is 0. The summed E-state index contributed by atoms with van der Waals surface area (Å²) in [4.78, 5) is 22.5. The topological polar surface area (TPSA) is 98.3 Å². The average Bonchev–Trinajstić information content (AvgIpc) is 2.38. The average molecular weight is 277 g/mol. The lowest BCUT2D eigenvalue weighted by Gasteiger charge is -2.37. The highest BCUT2D eigenvalue weighted by molar-refractivity contribution is 5.93. The van der Waals surface area contributed by atoms with Crippen molar-refractivity contribution in [1.82, 2.24) is 0 Å². The zero-order chi connectivity index (χ0) is 14.8. The van der Waals surface area contributed by atoms with E-state index in [-0.39, 0.29) is 17.5 Å². The molecule has 0 saturated heterocycles. The molecule has 0 radical (unpaired) electrons. The fourth-order valence-electron chi connectivity index (χ4n) is 2.72. The minimum Gasteiger partial charge on any atom is -0.326 e. The minimum atomic E-state index is -0.511. The number of rotatable bonds is 3. The highest BCUT2D eigenvalue weighted by atomic mass is 16.6. The first kappa shape index (κ1) is 14.5. The van der Waals surface area contributed by atoms with E-state index in [4.69, 9.17) is 5.73 Å². The Morgan fingerprint density at radius 2 is 2.25 bits per heavy atom. The number of nitrogens with two attached hydrogens (primary N) is 1. The molecule has 3 N–H and O–H groups in total. The molecule has 1 amide bonds. The second-order valence-electron chi connectivity index (χ2n) is 5.60. The molecule has 0 aromatic heterocycles. The van der Waals surface area contributed by atoms with Crippen LogP contribution in [-0.4, -0.2) is 16.4 Å². The largest absolute Gasteiger partial charge is 0.326 e. The van der Waals surface area contributed by atoms with Crippen LogP contribution in [0.15, 0.2) is 24.3 Å². The summed E-state index contributed by atoms with van der Waals surface area (Å²) in [6, 6.07) is 5.94. The summed E-state index contributed by atoms with van der Waals surface area (Å²) in [7, 11) is 0. The first-order valence-electron chi connectivity index (χ1n) is 6.74. The first-order chi connectivity index (χ1) is 9.40. The number of hydrogen-bond donors (Lipinski definition) is 2. The van der Waals surface area contributed by atoms with Crippen molar-refractivity contribution < 1.29 is 9.72 Å². The zero-order valence-corrected chi connectivity index (χ0v) is 11.5. The second kappa shape index (κ2) is 5.58. The molecule has 1 aromatic rings. The number of anilines is 1. The van der Waals surface area contributed by atoms with Gasteiger partial charge in [-0.15, -0.1) is 0 Å². The van der Waals surface area contributed by atoms with Gasteiger partial charge in [0.05, 0.1) is 10.8 Å². The van der Waals surface area contributed by atoms with Crippen LogP contribution in [0.3, 0.4) is 0 Å². The molecule has 0 bridgehead atoms. The van der Waals surface area contributed by atoms with Crippen LogP contribution < -0.4 is 11.1 Å². The Labute approximate surface area is 117 Å². The molecule has 0 spiro atoms. The van der Waals surface area contributed by atoms with Gasteiger partial charge in [0, 0.05) is 23.4 Å². The van der Waals surface area contributed by atoms with Gasteiger partial charge >= 0.3 is 0 Å². The van der Waals surface area contributed by atoms with Gasteiger partial charge in [-0.2, -0.15) is 0 Å². The SMILES string of the molecule is CC1(N)CCCCC1C(=O)Nc1cccc([N+](=O)[O-])c1. The van der Waals surface area contributed by atoms with E-state index >= 15 is 0 Å². The molecule has 1 aliphatic carbocycles. The maximum absolute atomic E-state index is 12.3. The van der Waals surface area contributed by atoms with Crippen LogP contribution in [0.5, 0.6) is 0 Å². The van der Waals surface area contributed by atoms with Gasteiger partial charge in [0.2, 0.25) is 5.91 Å². The number of nitro benzene ring substituents is 1. The Morgan fingerprint density at radius 1 is 1.50 bits per heavy atom. The van der Waals surface area contributed by atoms with Gasteiger partial charge < -0.3 is 11.1 Å². The molecule has 2 rings (SSSR count). The lowest BCUT2D eigenvalue weighted by Crippen LogP contribution is -2.51. The third-order valence-electron chi connectivity index (χ3n) is 3.90. The van der Waals surface area contributed by atoms with Crippen molar-refractivity contribution in [3.8, 4) is 0 Å². The minimum absolute atomic E-state index is 0.0399. The number of nitro groups is 1. The number of non-ortho nitro benzene ring substituents is 1. The highest BCUT2D eigenvalue weighted by Crippen LogP contribution is 2.32. The smallest absolute Gasteiger partial charge is 0.271 e. The molecule has 2 atom stereocenters. The Balaban J connectivity index is 2.11. The van der Waals surface area contributed by atoms with Crippen LogP contribution in [0.2, 0.25) is 0 Å². The predicted octanol–water partition coefficient (Wildman–Crippen LogP) is 2.44. The van der Waals surface area contributed by atoms with Crippen LogP contribution >= 0.6 is 0 Å². The fraction of sp³-hybridized carbons (Fsp3) is 0.500. The Morgan fingerprint density at radius 3 is 2.90 bits per heavy atom. The summed E-state index contributed by atoms with van der Waals surface area (Å²) >= 11 is 0. The van der Waals surface area contributed by atoms with Crippen molar-refractivity contribution in [2.24, 2.45) is 11.7 Å². The predicted molar refractivity (Wildman–Crippen MR) is 76.3 cm³/mol. The van der Waals surface area contributed by atoms with E-state index in [0.29, 0.717) is 5.69 Å². The van der Waals surface area contributed by atoms with Crippen LogP contribution in [0.25, 0.3) is 0 Å². The summed E-state index contributed by atoms with van der Waals surface area (Å²) in [5.41, 5.74) is 6.07. The van der Waals surface area contributed by atoms with E-state index < -0.39 is 10.5 Å². The van der Waals surface area contributed by atoms with Crippen LogP contribution in [-0.2, 0) is 4.79 Å². The number of nitrogens with one attached hydrogen (secondary N) is 1. The molecule has 6 heteroatoms. The molecule has 1 aromatic carbocycles. The van der Waals surface area contributed by atoms with Crippen LogP contribution in [0.1, 0.15) is 32.6 Å². The lowest BCUT2D eigenvalue weighted by atomic mass is 9.74. The van der Waals surface area contributed by atoms with Crippen molar-refractivity contribution >= 4 is 17.3 Å². The van der Waals surface area contributed by atoms with Crippen molar-refractivity contribution in [2.75, 3.05) is 5.32 Å². The van der Waals surface area contributed by atoms with E-state index in [1.54, 1.807) is 12.1 Å². The van der Waals surface area contributed by atoms with E-state index in [2.05, 4.69) is 5.32 Å². The number of carbonyl (C=O) groups excluding carboxylic acids is 1. The van der Waals surface area contributed by atoms with E-state index in [1.807, 2.05) is 6.92 Å². The highest BCUT2D eigenvalue weighted by Gasteiger charge is 2.37. The second-order valence-corrected chi connectivity index (χ2v) is 5.60. The number of benzene rings is 1. The molecule has 108 valence electrons. The summed E-state index contributed by atoms with van der Waals surface area (Å²) in [6.45, 7) is 1.89. The summed E-state index contributed by atoms with van der Waals surface area (Å²) in [5, 5.41) is 13.5. The Bertz CT molecular complexity index is 528. The third-order valence-corrected chi connectivity index (χ3v) is 3.90. The van der Waals surface area contributed by atoms with Gasteiger partial charge in [0.25, 0.3) is 5.69 Å². The van der Waals surface area contributed by atoms with Crippen molar-refractivity contribution in [3.63, 3.8) is 0 Å². The number of hydrogen-bond acceptors (Lipinski definition) is 4. The van der Waals surface area contributed by atoms with Gasteiger partial charge in [-0.3, -0.25) is 14.9 Å². The van der Waals surface area contributed by atoms with Gasteiger partial charge in [-0.1, -0.05) is 18.9 Å². The summed E-state index contributed by atoms with van der Waals surface area (Å²) in [6.07, 6.45) is 3.60. The van der Waals surface area contributed by atoms with Gasteiger partial charge in [-0.25, -0.2) is 0 Å². The van der Waals surface area contributed by atoms with E-state index in [1.165, 1.54) is 12.1 Å². The number of nitrogens with zero attached hydrogens (tertiary/aromatic N) is 1. The maximum atomic E-state index is 12.3. The molecule has 6 nitrogen and oxygen atoms in total. The Kier molecular flexibility index (Phi) is 4.04. The van der Waals surface area contributed by atoms with E-state index in [0.717, 1.165) is 25.7 Å². The van der Waals surface area contributed by atoms with Crippen molar-refractivity contribution in [3.05, 3.63) is 34.4 Å². The molecule has 0 aliphatic heterocycles. The first-order valence-corrected chi connectivity index (χ1v) is 6.74. The molecular weight excluding hydrogens is 258 g/mol. The number of amides is 1. The molecule has 0 heterocycles. The van der Waals surface area contributed by atoms with Crippen molar-refractivity contribution in [2.45, 2.75) is 38.1 Å². The zero-order valence-electron chi connectivity index (χ0n) is 11.5. The van der Waals surface area contributed by atoms with E-state index in [9.17, 15) is 14.9 Å². The number of carbonyl (C=O) groups is 1. The monoisotopic (exact) mass is 277 g/mol. The standard InChI is InChI=1S/C14H19N3O3/c1-14(15)8-3-2-7-12(14)13(18)16-10-5-4-6-11(9-10)17(19)20/h4-6,9,12H,2-3,7-8,15H2,1H3,(H,16,18). The quantitative estimate of drug-likeness (QED) is 0.654. The molecule has 1 aliphatic rings. The van der Waals surface area contributed by atoms with Gasteiger partial charge in [0.15, 0.2) is 0 Å². The third kappa shape index (κ3) is 3.14. The van der Waals surface area contributed by atoms with Crippen LogP contribution in [0, 0.1) is 16.0 Å². The molecule has 1 fully saturated rings. The summed E-state index contributed by atoms with van der Waals surface area (Å²) in [5.74, 6) is -0.411. The van der Waals surface area contributed by atoms with Gasteiger partial charge in [-0.05, 0) is 25.8 Å². The Hall–Kier alpha value is -1.95. The van der Waals surface area contributed by atoms with Gasteiger partial charge in [0.1, 0.15) is 0 Å². The van der Waals surface area contributed by atoms with Crippen molar-refractivity contribution in [1.29, 1.82) is 0 Å². The molecule has 20 heavy (non-hydrogen) atoms.